The first-order valence-corrected chi connectivity index (χ1v) is 9.11. The van der Waals surface area contributed by atoms with E-state index in [0.717, 1.165) is 16.8 Å². The minimum absolute atomic E-state index is 0.386. The number of esters is 1. The second kappa shape index (κ2) is 7.81. The number of fused-ring (bicyclic) bond motifs is 1. The molecule has 0 spiro atoms. The quantitative estimate of drug-likeness (QED) is 0.487. The number of anilines is 2. The van der Waals surface area contributed by atoms with Gasteiger partial charge in [-0.05, 0) is 54.6 Å². The van der Waals surface area contributed by atoms with E-state index < -0.39 is 0 Å². The molecule has 0 aliphatic rings. The van der Waals surface area contributed by atoms with Gasteiger partial charge in [0.25, 0.3) is 0 Å². The van der Waals surface area contributed by atoms with Crippen LogP contribution in [0.1, 0.15) is 10.4 Å². The first kappa shape index (κ1) is 18.8. The molecule has 146 valence electrons. The van der Waals surface area contributed by atoms with Crippen molar-refractivity contribution in [1.82, 2.24) is 14.6 Å². The molecule has 2 aromatic carbocycles. The topological polar surface area (TPSA) is 77.8 Å². The van der Waals surface area contributed by atoms with E-state index in [9.17, 15) is 4.79 Å². The van der Waals surface area contributed by atoms with Gasteiger partial charge in [0.1, 0.15) is 5.75 Å². The van der Waals surface area contributed by atoms with Crippen LogP contribution in [-0.4, -0.2) is 34.8 Å². The molecule has 0 aliphatic carbocycles. The lowest BCUT2D eigenvalue weighted by Gasteiger charge is -2.07. The van der Waals surface area contributed by atoms with Gasteiger partial charge in [0.2, 0.25) is 5.95 Å². The zero-order chi connectivity index (χ0) is 20.4. The summed E-state index contributed by atoms with van der Waals surface area (Å²) in [5.74, 6) is 0.723. The van der Waals surface area contributed by atoms with Crippen LogP contribution in [-0.2, 0) is 4.74 Å². The molecule has 0 saturated heterocycles. The summed E-state index contributed by atoms with van der Waals surface area (Å²) >= 11 is 6.44. The Morgan fingerprint density at radius 3 is 2.55 bits per heavy atom. The third kappa shape index (κ3) is 3.72. The van der Waals surface area contributed by atoms with E-state index in [2.05, 4.69) is 15.4 Å². The number of carbonyl (C=O) groups is 1. The summed E-state index contributed by atoms with van der Waals surface area (Å²) in [7, 11) is 2.95. The van der Waals surface area contributed by atoms with E-state index in [0.29, 0.717) is 27.9 Å². The molecule has 2 aromatic heterocycles. The number of ether oxygens (including phenoxy) is 2. The summed E-state index contributed by atoms with van der Waals surface area (Å²) in [6.07, 6.45) is 1.81. The maximum atomic E-state index is 11.6. The number of rotatable bonds is 5. The van der Waals surface area contributed by atoms with Gasteiger partial charge in [-0.25, -0.2) is 9.31 Å². The van der Waals surface area contributed by atoms with E-state index in [-0.39, 0.29) is 5.97 Å². The molecule has 4 aromatic rings. The minimum atomic E-state index is -0.386. The van der Waals surface area contributed by atoms with Crippen LogP contribution < -0.4 is 10.1 Å². The zero-order valence-corrected chi connectivity index (χ0v) is 16.5. The van der Waals surface area contributed by atoms with Crippen LogP contribution in [0.3, 0.4) is 0 Å². The number of halogens is 1. The number of aromatic nitrogens is 3. The molecule has 0 radical (unpaired) electrons. The summed E-state index contributed by atoms with van der Waals surface area (Å²) in [4.78, 5) is 16.2. The average molecular weight is 409 g/mol. The van der Waals surface area contributed by atoms with Crippen molar-refractivity contribution in [3.05, 3.63) is 71.4 Å². The molecular weight excluding hydrogens is 392 g/mol. The lowest BCUT2D eigenvalue weighted by atomic mass is 10.1. The summed E-state index contributed by atoms with van der Waals surface area (Å²) in [5, 5.41) is 8.17. The number of nitrogens with zero attached hydrogens (tertiary/aromatic N) is 3. The number of hydrogen-bond acceptors (Lipinski definition) is 6. The summed E-state index contributed by atoms with van der Waals surface area (Å²) < 4.78 is 11.6. The van der Waals surface area contributed by atoms with Gasteiger partial charge in [-0.2, -0.15) is 4.98 Å². The molecule has 0 aliphatic heterocycles. The normalized spacial score (nSPS) is 10.7. The highest BCUT2D eigenvalue weighted by Gasteiger charge is 2.13. The number of benzene rings is 2. The lowest BCUT2D eigenvalue weighted by Crippen LogP contribution is -2.01. The molecule has 0 unspecified atom stereocenters. The van der Waals surface area contributed by atoms with Crippen molar-refractivity contribution < 1.29 is 14.3 Å². The van der Waals surface area contributed by atoms with E-state index in [1.54, 1.807) is 42.0 Å². The van der Waals surface area contributed by atoms with Crippen molar-refractivity contribution in [2.24, 2.45) is 0 Å². The second-order valence-corrected chi connectivity index (χ2v) is 6.57. The Bertz CT molecular complexity index is 1190. The monoisotopic (exact) mass is 408 g/mol. The Morgan fingerprint density at radius 2 is 1.86 bits per heavy atom. The molecule has 7 nitrogen and oxygen atoms in total. The Morgan fingerprint density at radius 1 is 1.07 bits per heavy atom. The van der Waals surface area contributed by atoms with Gasteiger partial charge >= 0.3 is 5.97 Å². The van der Waals surface area contributed by atoms with Crippen molar-refractivity contribution in [1.29, 1.82) is 0 Å². The highest BCUT2D eigenvalue weighted by molar-refractivity contribution is 6.33. The number of pyridine rings is 1. The van der Waals surface area contributed by atoms with Gasteiger partial charge in [0.05, 0.1) is 24.8 Å². The van der Waals surface area contributed by atoms with Crippen molar-refractivity contribution in [3.8, 4) is 16.9 Å². The lowest BCUT2D eigenvalue weighted by molar-refractivity contribution is 0.0601. The van der Waals surface area contributed by atoms with Crippen molar-refractivity contribution >= 4 is 34.9 Å². The third-order valence-electron chi connectivity index (χ3n) is 4.39. The maximum absolute atomic E-state index is 11.6. The molecule has 29 heavy (non-hydrogen) atoms. The van der Waals surface area contributed by atoms with E-state index >= 15 is 0 Å². The number of hydrogen-bond donors (Lipinski definition) is 1. The molecule has 0 saturated carbocycles. The van der Waals surface area contributed by atoms with Crippen molar-refractivity contribution in [3.63, 3.8) is 0 Å². The summed E-state index contributed by atoms with van der Waals surface area (Å²) in [5.41, 5.74) is 3.56. The largest absolute Gasteiger partial charge is 0.497 e. The highest BCUT2D eigenvalue weighted by atomic mass is 35.5. The van der Waals surface area contributed by atoms with Crippen LogP contribution in [0.15, 0.2) is 60.8 Å². The van der Waals surface area contributed by atoms with E-state index in [4.69, 9.17) is 21.1 Å². The molecule has 0 atom stereocenters. The minimum Gasteiger partial charge on any atom is -0.497 e. The molecule has 0 amide bonds. The Labute approximate surface area is 171 Å². The van der Waals surface area contributed by atoms with Crippen molar-refractivity contribution in [2.75, 3.05) is 19.5 Å². The van der Waals surface area contributed by atoms with Crippen molar-refractivity contribution in [2.45, 2.75) is 0 Å². The fourth-order valence-electron chi connectivity index (χ4n) is 2.95. The SMILES string of the molecule is COC(=O)c1ccc(Nc2nc3c(-c4ccc(OC)cc4Cl)cccn3n2)cc1. The molecule has 0 bridgehead atoms. The zero-order valence-electron chi connectivity index (χ0n) is 15.7. The molecule has 8 heteroatoms. The van der Waals surface area contributed by atoms with Gasteiger partial charge in [-0.1, -0.05) is 11.6 Å². The Kier molecular flexibility index (Phi) is 5.05. The summed E-state index contributed by atoms with van der Waals surface area (Å²) in [6.45, 7) is 0. The fraction of sp³-hybridized carbons (Fsp3) is 0.0952. The summed E-state index contributed by atoms with van der Waals surface area (Å²) in [6, 6.07) is 16.2. The third-order valence-corrected chi connectivity index (χ3v) is 4.70. The van der Waals surface area contributed by atoms with Crippen LogP contribution >= 0.6 is 11.6 Å². The Balaban J connectivity index is 1.67. The van der Waals surface area contributed by atoms with Gasteiger partial charge in [-0.15, -0.1) is 5.10 Å². The second-order valence-electron chi connectivity index (χ2n) is 6.17. The molecule has 2 heterocycles. The number of methoxy groups -OCH3 is 2. The predicted octanol–water partition coefficient (Wildman–Crippen LogP) is 4.59. The standard InChI is InChI=1S/C21H17ClN4O3/c1-28-15-9-10-16(18(22)12-15)17-4-3-11-26-19(17)24-21(25-26)23-14-7-5-13(6-8-14)20(27)29-2/h3-12H,1-2H3,(H,23,25). The van der Waals surface area contributed by atoms with E-state index in [1.165, 1.54) is 7.11 Å². The van der Waals surface area contributed by atoms with Crippen LogP contribution in [0.5, 0.6) is 5.75 Å². The highest BCUT2D eigenvalue weighted by Crippen LogP contribution is 2.33. The predicted molar refractivity (Wildman–Crippen MR) is 111 cm³/mol. The van der Waals surface area contributed by atoms with Gasteiger partial charge in [0.15, 0.2) is 5.65 Å². The average Bonchev–Trinajstić information content (AvgIpc) is 3.16. The molecule has 1 N–H and O–H groups in total. The number of carbonyl (C=O) groups excluding carboxylic acids is 1. The van der Waals surface area contributed by atoms with Gasteiger partial charge in [0, 0.05) is 23.0 Å². The first-order chi connectivity index (χ1) is 14.1. The van der Waals surface area contributed by atoms with Gasteiger partial charge in [-0.3, -0.25) is 0 Å². The van der Waals surface area contributed by atoms with Crippen LogP contribution in [0.4, 0.5) is 11.6 Å². The van der Waals surface area contributed by atoms with E-state index in [1.807, 2.05) is 30.5 Å². The first-order valence-electron chi connectivity index (χ1n) is 8.74. The van der Waals surface area contributed by atoms with Crippen LogP contribution in [0.25, 0.3) is 16.8 Å². The molecule has 0 fully saturated rings. The molecule has 4 rings (SSSR count). The van der Waals surface area contributed by atoms with Crippen LogP contribution in [0, 0.1) is 0 Å². The molecular formula is C21H17ClN4O3. The maximum Gasteiger partial charge on any atom is 0.337 e. The van der Waals surface area contributed by atoms with Crippen LogP contribution in [0.2, 0.25) is 5.02 Å². The fourth-order valence-corrected chi connectivity index (χ4v) is 3.22. The smallest absolute Gasteiger partial charge is 0.337 e. The number of nitrogens with one attached hydrogen (secondary N) is 1. The Hall–Kier alpha value is -3.58. The van der Waals surface area contributed by atoms with Gasteiger partial charge < -0.3 is 14.8 Å².